The molecule has 0 saturated carbocycles. The van der Waals surface area contributed by atoms with Gasteiger partial charge in [-0.1, -0.05) is 0 Å². The Hall–Kier alpha value is -2.09. The second-order valence-electron chi connectivity index (χ2n) is 15.8. The number of halogens is 2. The Morgan fingerprint density at radius 2 is 1.17 bits per heavy atom. The third-order valence-corrected chi connectivity index (χ3v) is 15.7. The molecule has 4 aromatic rings. The topological polar surface area (TPSA) is 0 Å². The van der Waals surface area contributed by atoms with Crippen LogP contribution >= 0.6 is 0 Å². The van der Waals surface area contributed by atoms with E-state index in [1.807, 2.05) is 0 Å². The second-order valence-corrected chi connectivity index (χ2v) is 24.2. The summed E-state index contributed by atoms with van der Waals surface area (Å²) in [6, 6.07) is 35.1. The summed E-state index contributed by atoms with van der Waals surface area (Å²) in [5.74, 6) is 0. The summed E-state index contributed by atoms with van der Waals surface area (Å²) in [6.45, 7) is 21.6. The molecule has 4 aromatic carbocycles. The van der Waals surface area contributed by atoms with Gasteiger partial charge in [-0.2, -0.15) is 0 Å². The van der Waals surface area contributed by atoms with E-state index in [1.165, 1.54) is 44.5 Å². The predicted molar refractivity (Wildman–Crippen MR) is 191 cm³/mol. The van der Waals surface area contributed by atoms with Crippen LogP contribution in [0.2, 0.25) is 19.6 Å². The maximum absolute atomic E-state index is 2.58. The van der Waals surface area contributed by atoms with Crippen LogP contribution in [0.4, 0.5) is 0 Å². The van der Waals surface area contributed by atoms with Gasteiger partial charge in [-0.15, -0.1) is 0 Å². The molecule has 0 radical (unpaired) electrons. The molecule has 0 spiro atoms. The van der Waals surface area contributed by atoms with E-state index in [1.54, 1.807) is 19.5 Å². The largest absolute Gasteiger partial charge is 1.00 e. The number of rotatable bonds is 5. The van der Waals surface area contributed by atoms with Crippen LogP contribution in [0.25, 0.3) is 16.7 Å². The van der Waals surface area contributed by atoms with Crippen molar-refractivity contribution in [3.05, 3.63) is 147 Å². The van der Waals surface area contributed by atoms with Gasteiger partial charge in [0.15, 0.2) is 0 Å². The van der Waals surface area contributed by atoms with Crippen LogP contribution in [0.15, 0.2) is 108 Å². The molecule has 0 saturated heterocycles. The van der Waals surface area contributed by atoms with Crippen molar-refractivity contribution in [1.82, 2.24) is 0 Å². The quantitative estimate of drug-likeness (QED) is 0.244. The van der Waals surface area contributed by atoms with Gasteiger partial charge in [-0.3, -0.25) is 0 Å². The van der Waals surface area contributed by atoms with E-state index in [0.29, 0.717) is 3.63 Å². The Kier molecular flexibility index (Phi) is 11.0. The van der Waals surface area contributed by atoms with Gasteiger partial charge in [0.25, 0.3) is 0 Å². The summed E-state index contributed by atoms with van der Waals surface area (Å²) in [6.07, 6.45) is 6.17. The summed E-state index contributed by atoms with van der Waals surface area (Å²) in [7, 11) is -1.41. The van der Waals surface area contributed by atoms with Crippen molar-refractivity contribution in [3.8, 4) is 11.1 Å². The van der Waals surface area contributed by atoms with Crippen molar-refractivity contribution >= 4 is 16.9 Å². The fourth-order valence-corrected chi connectivity index (χ4v) is 12.4. The molecule has 0 nitrogen and oxygen atoms in total. The molecule has 237 valence electrons. The maximum Gasteiger partial charge on any atom is -1.00 e. The number of benzene rings is 4. The van der Waals surface area contributed by atoms with Crippen LogP contribution in [0.5, 0.6) is 0 Å². The average molecular weight is 742 g/mol. The second kappa shape index (κ2) is 13.8. The summed E-state index contributed by atoms with van der Waals surface area (Å²) in [5.41, 5.74) is 15.0. The SMILES string of the molecule is CC(C)(C)c1ccc2c(c1)-c1cc(C(C)(C)C)cc(C3=CC([Si](C)(C)C)=CC3)c1[CH]2[Zr+2]=[C](c1ccccc1)c1ccccc1.[Cl-].[Cl-]. The summed E-state index contributed by atoms with van der Waals surface area (Å²) >= 11 is -1.21. The summed E-state index contributed by atoms with van der Waals surface area (Å²) in [4.78, 5) is 0. The average Bonchev–Trinajstić information content (AvgIpc) is 3.59. The maximum atomic E-state index is 2.58. The van der Waals surface area contributed by atoms with Crippen molar-refractivity contribution in [3.63, 3.8) is 0 Å². The van der Waals surface area contributed by atoms with Crippen LogP contribution in [-0.4, -0.2) is 11.3 Å². The third kappa shape index (κ3) is 7.32. The molecule has 2 aliphatic carbocycles. The van der Waals surface area contributed by atoms with E-state index in [-0.39, 0.29) is 35.6 Å². The molecule has 0 heterocycles. The van der Waals surface area contributed by atoms with Crippen molar-refractivity contribution in [2.45, 2.75) is 82.1 Å². The molecule has 2 aliphatic rings. The first-order valence-electron chi connectivity index (χ1n) is 16.2. The number of hydrogen-bond acceptors (Lipinski definition) is 0. The van der Waals surface area contributed by atoms with E-state index in [9.17, 15) is 0 Å². The standard InChI is InChI=1S/C29H37Si.C13H10.2ClH.Zr/c1-28(2,3)21-12-10-20-15-26-25(19-11-13-23(14-19)30(7,8)9)17-22(29(4,5)6)18-27(26)24(20)16-21;1-3-7-12(8-4-1)11-13-9-5-2-6-10-13;;;/h10,12-18H,11H2,1-9H3;1-10H;2*1H;/q;;;;+2/p-2. The first-order chi connectivity index (χ1) is 20.7. The van der Waals surface area contributed by atoms with E-state index in [4.69, 9.17) is 0 Å². The van der Waals surface area contributed by atoms with Crippen LogP contribution in [0, 0.1) is 0 Å². The normalized spacial score (nSPS) is 15.5. The minimum atomic E-state index is -1.41. The fraction of sp³-hybridized carbons (Fsp3) is 0.310. The van der Waals surface area contributed by atoms with Gasteiger partial charge in [-0.25, -0.2) is 0 Å². The Labute approximate surface area is 302 Å². The molecule has 1 atom stereocenters. The minimum Gasteiger partial charge on any atom is -1.00 e. The monoisotopic (exact) mass is 739 g/mol. The van der Waals surface area contributed by atoms with Crippen LogP contribution in [0.1, 0.15) is 90.5 Å². The number of hydrogen-bond donors (Lipinski definition) is 0. The van der Waals surface area contributed by atoms with Crippen LogP contribution < -0.4 is 24.8 Å². The first-order valence-corrected chi connectivity index (χ1v) is 22.4. The van der Waals surface area contributed by atoms with Gasteiger partial charge in [0.2, 0.25) is 0 Å². The Morgan fingerprint density at radius 1 is 0.652 bits per heavy atom. The molecule has 0 N–H and O–H groups in total. The number of fused-ring (bicyclic) bond motifs is 3. The molecular weight excluding hydrogens is 695 g/mol. The molecule has 6 rings (SSSR count). The Morgan fingerprint density at radius 3 is 1.67 bits per heavy atom. The number of allylic oxidation sites excluding steroid dienone is 4. The molecule has 0 aromatic heterocycles. The van der Waals surface area contributed by atoms with Crippen molar-refractivity contribution < 1.29 is 47.6 Å². The third-order valence-electron chi connectivity index (χ3n) is 9.35. The molecule has 46 heavy (non-hydrogen) atoms. The Balaban J connectivity index is 0.00000240. The van der Waals surface area contributed by atoms with E-state index >= 15 is 0 Å². The van der Waals surface area contributed by atoms with Gasteiger partial charge in [-0.05, 0) is 0 Å². The fourth-order valence-electron chi connectivity index (χ4n) is 6.62. The van der Waals surface area contributed by atoms with Gasteiger partial charge >= 0.3 is 280 Å². The zero-order valence-electron chi connectivity index (χ0n) is 28.9. The van der Waals surface area contributed by atoms with Gasteiger partial charge < -0.3 is 24.8 Å². The van der Waals surface area contributed by atoms with Crippen molar-refractivity contribution in [1.29, 1.82) is 0 Å². The minimum absolute atomic E-state index is 0. The molecule has 4 heteroatoms. The molecular formula is C42H47Cl2SiZr. The van der Waals surface area contributed by atoms with Crippen molar-refractivity contribution in [2.24, 2.45) is 0 Å². The van der Waals surface area contributed by atoms with Gasteiger partial charge in [0, 0.05) is 0 Å². The predicted octanol–water partition coefficient (Wildman–Crippen LogP) is 5.30. The van der Waals surface area contributed by atoms with Crippen LogP contribution in [0.3, 0.4) is 0 Å². The molecule has 0 aliphatic heterocycles. The first kappa shape index (κ1) is 36.7. The smallest absolute Gasteiger partial charge is 1.00 e. The van der Waals surface area contributed by atoms with Crippen LogP contribution in [-0.2, 0) is 33.6 Å². The summed E-state index contributed by atoms with van der Waals surface area (Å²) < 4.78 is 2.04. The van der Waals surface area contributed by atoms with E-state index in [2.05, 4.69) is 164 Å². The van der Waals surface area contributed by atoms with Gasteiger partial charge in [0.1, 0.15) is 0 Å². The van der Waals surface area contributed by atoms with E-state index in [0.717, 1.165) is 6.42 Å². The zero-order valence-corrected chi connectivity index (χ0v) is 33.8. The zero-order chi connectivity index (χ0) is 31.4. The molecule has 0 fully saturated rings. The summed E-state index contributed by atoms with van der Waals surface area (Å²) in [5, 5.41) is 1.60. The van der Waals surface area contributed by atoms with E-state index < -0.39 is 30.8 Å². The van der Waals surface area contributed by atoms with Gasteiger partial charge in [0.05, 0.1) is 0 Å². The Bertz CT molecular complexity index is 1770. The molecule has 0 bridgehead atoms. The molecule has 0 amide bonds. The van der Waals surface area contributed by atoms with Crippen molar-refractivity contribution in [2.75, 3.05) is 0 Å². The molecule has 1 unspecified atom stereocenters.